The van der Waals surface area contributed by atoms with Crippen LogP contribution in [0.1, 0.15) is 24.2 Å². The van der Waals surface area contributed by atoms with Crippen LogP contribution in [0.15, 0.2) is 60.7 Å². The Hall–Kier alpha value is -2.12. The summed E-state index contributed by atoms with van der Waals surface area (Å²) in [6.07, 6.45) is 0.114. The van der Waals surface area contributed by atoms with Gasteiger partial charge >= 0.3 is 0 Å². The molecule has 3 aromatic rings. The van der Waals surface area contributed by atoms with E-state index in [0.29, 0.717) is 6.61 Å². The van der Waals surface area contributed by atoms with E-state index in [1.807, 2.05) is 0 Å². The molecule has 0 radical (unpaired) electrons. The Morgan fingerprint density at radius 3 is 2.60 bits per heavy atom. The Bertz CT molecular complexity index is 789. The molecule has 0 N–H and O–H groups in total. The van der Waals surface area contributed by atoms with E-state index in [1.165, 1.54) is 33.0 Å². The van der Waals surface area contributed by atoms with Crippen LogP contribution < -0.4 is 0 Å². The van der Waals surface area contributed by atoms with Crippen LogP contribution >= 0.6 is 0 Å². The van der Waals surface area contributed by atoms with Gasteiger partial charge in [-0.25, -0.2) is 0 Å². The van der Waals surface area contributed by atoms with Crippen molar-refractivity contribution in [3.63, 3.8) is 0 Å². The van der Waals surface area contributed by atoms with Gasteiger partial charge in [0.2, 0.25) is 0 Å². The molecular formula is C19H16O. The van der Waals surface area contributed by atoms with Gasteiger partial charge in [0, 0.05) is 0 Å². The van der Waals surface area contributed by atoms with Gasteiger partial charge in [-0.3, -0.25) is 0 Å². The van der Waals surface area contributed by atoms with Crippen LogP contribution in [-0.2, 0) is 11.3 Å². The van der Waals surface area contributed by atoms with Crippen molar-refractivity contribution in [2.24, 2.45) is 0 Å². The molecule has 0 fully saturated rings. The SMILES string of the molecule is CC1OCc2ccccc2-c2ccc3ccccc3c21. The summed E-state index contributed by atoms with van der Waals surface area (Å²) in [6.45, 7) is 2.83. The fourth-order valence-corrected chi connectivity index (χ4v) is 3.18. The van der Waals surface area contributed by atoms with E-state index >= 15 is 0 Å². The molecule has 1 heteroatoms. The number of ether oxygens (including phenoxy) is 1. The average molecular weight is 260 g/mol. The van der Waals surface area contributed by atoms with Crippen molar-refractivity contribution < 1.29 is 4.74 Å². The summed E-state index contributed by atoms with van der Waals surface area (Å²) in [5, 5.41) is 2.58. The second kappa shape index (κ2) is 4.46. The molecule has 4 rings (SSSR count). The average Bonchev–Trinajstić information content (AvgIpc) is 2.65. The summed E-state index contributed by atoms with van der Waals surface area (Å²) in [6, 6.07) is 21.5. The lowest BCUT2D eigenvalue weighted by Crippen LogP contribution is -1.99. The Labute approximate surface area is 118 Å². The highest BCUT2D eigenvalue weighted by Gasteiger charge is 2.21. The summed E-state index contributed by atoms with van der Waals surface area (Å²) >= 11 is 0. The van der Waals surface area contributed by atoms with Gasteiger partial charge in [-0.2, -0.15) is 0 Å². The summed E-state index contributed by atoms with van der Waals surface area (Å²) in [5.74, 6) is 0. The van der Waals surface area contributed by atoms with Crippen LogP contribution in [-0.4, -0.2) is 0 Å². The molecule has 0 bridgehead atoms. The van der Waals surface area contributed by atoms with Crippen LogP contribution in [0.4, 0.5) is 0 Å². The van der Waals surface area contributed by atoms with Crippen molar-refractivity contribution in [3.05, 3.63) is 71.8 Å². The summed E-state index contributed by atoms with van der Waals surface area (Å²) in [7, 11) is 0. The Balaban J connectivity index is 2.11. The summed E-state index contributed by atoms with van der Waals surface area (Å²) < 4.78 is 6.06. The molecule has 1 aliphatic rings. The normalized spacial score (nSPS) is 17.4. The third-order valence-electron chi connectivity index (χ3n) is 4.17. The van der Waals surface area contributed by atoms with E-state index in [-0.39, 0.29) is 6.10 Å². The van der Waals surface area contributed by atoms with Crippen molar-refractivity contribution in [2.45, 2.75) is 19.6 Å². The smallest absolute Gasteiger partial charge is 0.0813 e. The second-order valence-electron chi connectivity index (χ2n) is 5.36. The van der Waals surface area contributed by atoms with Crippen molar-refractivity contribution in [1.82, 2.24) is 0 Å². The van der Waals surface area contributed by atoms with E-state index in [9.17, 15) is 0 Å². The predicted octanol–water partition coefficient (Wildman–Crippen LogP) is 5.10. The molecule has 0 spiro atoms. The monoisotopic (exact) mass is 260 g/mol. The van der Waals surface area contributed by atoms with E-state index in [1.54, 1.807) is 0 Å². The van der Waals surface area contributed by atoms with Crippen LogP contribution in [0.3, 0.4) is 0 Å². The molecule has 98 valence electrons. The first-order valence-corrected chi connectivity index (χ1v) is 7.06. The molecule has 0 saturated carbocycles. The largest absolute Gasteiger partial charge is 0.369 e. The lowest BCUT2D eigenvalue weighted by Gasteiger charge is -2.16. The highest BCUT2D eigenvalue weighted by molar-refractivity contribution is 5.92. The third-order valence-corrected chi connectivity index (χ3v) is 4.17. The molecule has 0 amide bonds. The highest BCUT2D eigenvalue weighted by Crippen LogP contribution is 2.40. The maximum atomic E-state index is 6.06. The molecule has 0 aliphatic carbocycles. The maximum Gasteiger partial charge on any atom is 0.0813 e. The first-order chi connectivity index (χ1) is 9.84. The van der Waals surface area contributed by atoms with Gasteiger partial charge in [0.25, 0.3) is 0 Å². The summed E-state index contributed by atoms with van der Waals surface area (Å²) in [5.41, 5.74) is 5.20. The lowest BCUT2D eigenvalue weighted by molar-refractivity contribution is 0.0560. The molecule has 1 aliphatic heterocycles. The van der Waals surface area contributed by atoms with Gasteiger partial charge in [0.1, 0.15) is 0 Å². The first-order valence-electron chi connectivity index (χ1n) is 7.06. The van der Waals surface area contributed by atoms with Gasteiger partial charge in [-0.05, 0) is 39.9 Å². The van der Waals surface area contributed by atoms with E-state index in [2.05, 4.69) is 67.6 Å². The van der Waals surface area contributed by atoms with Crippen molar-refractivity contribution in [2.75, 3.05) is 0 Å². The fourth-order valence-electron chi connectivity index (χ4n) is 3.18. The van der Waals surface area contributed by atoms with E-state index in [4.69, 9.17) is 4.74 Å². The molecule has 1 atom stereocenters. The zero-order chi connectivity index (χ0) is 13.5. The van der Waals surface area contributed by atoms with E-state index < -0.39 is 0 Å². The van der Waals surface area contributed by atoms with Crippen molar-refractivity contribution >= 4 is 10.8 Å². The first kappa shape index (κ1) is 11.7. The van der Waals surface area contributed by atoms with Crippen LogP contribution in [0.2, 0.25) is 0 Å². The molecule has 20 heavy (non-hydrogen) atoms. The van der Waals surface area contributed by atoms with Gasteiger partial charge in [-0.15, -0.1) is 0 Å². The van der Waals surface area contributed by atoms with Gasteiger partial charge in [0.05, 0.1) is 12.7 Å². The molecule has 1 unspecified atom stereocenters. The summed E-state index contributed by atoms with van der Waals surface area (Å²) in [4.78, 5) is 0. The Morgan fingerprint density at radius 1 is 0.850 bits per heavy atom. The minimum atomic E-state index is 0.114. The number of hydrogen-bond acceptors (Lipinski definition) is 1. The quantitative estimate of drug-likeness (QED) is 0.546. The van der Waals surface area contributed by atoms with Crippen LogP contribution in [0.25, 0.3) is 21.9 Å². The van der Waals surface area contributed by atoms with Crippen LogP contribution in [0, 0.1) is 0 Å². The fraction of sp³-hybridized carbons (Fsp3) is 0.158. The van der Waals surface area contributed by atoms with Crippen molar-refractivity contribution in [1.29, 1.82) is 0 Å². The number of fused-ring (bicyclic) bond motifs is 5. The lowest BCUT2D eigenvalue weighted by atomic mass is 9.90. The molecule has 1 heterocycles. The Kier molecular flexibility index (Phi) is 2.61. The standard InChI is InChI=1S/C19H16O/c1-13-19-17-9-5-2-6-14(17)10-11-18(19)16-8-4-3-7-15(16)12-20-13/h2-11,13H,12H2,1H3. The number of benzene rings is 3. The Morgan fingerprint density at radius 2 is 1.65 bits per heavy atom. The van der Waals surface area contributed by atoms with E-state index in [0.717, 1.165) is 0 Å². The zero-order valence-electron chi connectivity index (χ0n) is 11.5. The van der Waals surface area contributed by atoms with Gasteiger partial charge in [-0.1, -0.05) is 60.7 Å². The molecule has 1 nitrogen and oxygen atoms in total. The third kappa shape index (κ3) is 1.67. The highest BCUT2D eigenvalue weighted by atomic mass is 16.5. The van der Waals surface area contributed by atoms with Gasteiger partial charge in [0.15, 0.2) is 0 Å². The topological polar surface area (TPSA) is 9.23 Å². The van der Waals surface area contributed by atoms with Gasteiger partial charge < -0.3 is 4.74 Å². The zero-order valence-corrected chi connectivity index (χ0v) is 11.5. The van der Waals surface area contributed by atoms with Crippen LogP contribution in [0.5, 0.6) is 0 Å². The minimum absolute atomic E-state index is 0.114. The molecular weight excluding hydrogens is 244 g/mol. The predicted molar refractivity (Wildman–Crippen MR) is 82.6 cm³/mol. The minimum Gasteiger partial charge on any atom is -0.369 e. The molecule has 3 aromatic carbocycles. The molecule has 0 aromatic heterocycles. The second-order valence-corrected chi connectivity index (χ2v) is 5.36. The maximum absolute atomic E-state index is 6.06. The molecule has 0 saturated heterocycles. The van der Waals surface area contributed by atoms with Crippen molar-refractivity contribution in [3.8, 4) is 11.1 Å². The number of hydrogen-bond donors (Lipinski definition) is 0. The number of rotatable bonds is 0.